The van der Waals surface area contributed by atoms with Gasteiger partial charge in [-0.05, 0) is 39.0 Å². The minimum absolute atomic E-state index is 0.292. The number of unbranched alkanes of at least 4 members (excludes halogenated alkanes) is 1. The predicted molar refractivity (Wildman–Crippen MR) is 130 cm³/mol. The molecule has 0 heterocycles. The van der Waals surface area contributed by atoms with E-state index < -0.39 is 8.80 Å². The molecule has 0 N–H and O–H groups in total. The summed E-state index contributed by atoms with van der Waals surface area (Å²) in [5, 5.41) is 1.63. The molecule has 1 aromatic carbocycles. The topological polar surface area (TPSA) is 34.2 Å². The van der Waals surface area contributed by atoms with Gasteiger partial charge in [-0.15, -0.1) is 0 Å². The van der Waals surface area contributed by atoms with Gasteiger partial charge in [-0.1, -0.05) is 76.1 Å². The molecule has 0 aromatic heterocycles. The Kier molecular flexibility index (Phi) is 14.0. The number of rotatable bonds is 17. The molecule has 0 amide bonds. The molecule has 1 aromatic rings. The fraction of sp³-hybridized carbons (Fsp3) is 0.739. The number of benzene rings is 1. The maximum absolute atomic E-state index is 5.88. The zero-order valence-electron chi connectivity index (χ0n) is 20.3. The van der Waals surface area contributed by atoms with Crippen molar-refractivity contribution in [1.29, 1.82) is 0 Å². The van der Waals surface area contributed by atoms with Crippen molar-refractivity contribution in [3.8, 4) is 0 Å². The lowest BCUT2D eigenvalue weighted by Gasteiger charge is -2.38. The Balaban J connectivity index is 2.82. The lowest BCUT2D eigenvalue weighted by Crippen LogP contribution is -2.51. The van der Waals surface area contributed by atoms with Crippen LogP contribution in [0, 0.1) is 0 Å². The van der Waals surface area contributed by atoms with Gasteiger partial charge >= 0.3 is 8.80 Å². The zero-order valence-corrected chi connectivity index (χ0v) is 22.3. The van der Waals surface area contributed by atoms with Gasteiger partial charge in [0.15, 0.2) is 0 Å². The van der Waals surface area contributed by atoms with Crippen LogP contribution in [0.3, 0.4) is 0 Å². The zero-order chi connectivity index (χ0) is 22.4. The maximum atomic E-state index is 5.88. The average molecular weight is 453 g/mol. The second-order valence-corrected chi connectivity index (χ2v) is 12.8. The van der Waals surface area contributed by atoms with Crippen LogP contribution in [-0.2, 0) is 13.3 Å². The Bertz CT molecular complexity index is 518. The van der Waals surface area contributed by atoms with Crippen LogP contribution in [0.2, 0.25) is 5.16 Å². The first-order chi connectivity index (χ1) is 14.5. The first-order valence-electron chi connectivity index (χ1n) is 11.5. The van der Waals surface area contributed by atoms with E-state index in [1.165, 1.54) is 18.0 Å². The molecule has 30 heavy (non-hydrogen) atoms. The Labute approximate surface area is 189 Å². The van der Waals surface area contributed by atoms with E-state index in [1.807, 2.05) is 0 Å². The van der Waals surface area contributed by atoms with Gasteiger partial charge in [0, 0.05) is 26.5 Å². The van der Waals surface area contributed by atoms with Crippen LogP contribution in [0.15, 0.2) is 30.3 Å². The predicted octanol–water partition coefficient (Wildman–Crippen LogP) is 3.79. The second-order valence-electron chi connectivity index (χ2n) is 7.49. The van der Waals surface area contributed by atoms with Crippen molar-refractivity contribution in [2.24, 2.45) is 0 Å². The molecule has 0 bridgehead atoms. The van der Waals surface area contributed by atoms with Gasteiger partial charge in [-0.25, -0.2) is 0 Å². The summed E-state index contributed by atoms with van der Waals surface area (Å²) in [5.74, 6) is 0. The quantitative estimate of drug-likeness (QED) is 0.204. The molecular formula is C23H44N2O3Si2. The van der Waals surface area contributed by atoms with Gasteiger partial charge in [-0.3, -0.25) is 9.80 Å². The van der Waals surface area contributed by atoms with Crippen molar-refractivity contribution >= 4 is 23.5 Å². The minimum Gasteiger partial charge on any atom is -0.377 e. The van der Waals surface area contributed by atoms with Crippen LogP contribution in [0.5, 0.6) is 0 Å². The van der Waals surface area contributed by atoms with E-state index in [2.05, 4.69) is 67.8 Å². The molecule has 0 fully saturated rings. The summed E-state index contributed by atoms with van der Waals surface area (Å²) in [5.41, 5.74) is 0. The van der Waals surface area contributed by atoms with Gasteiger partial charge in [0.05, 0.1) is 15.7 Å². The van der Waals surface area contributed by atoms with Gasteiger partial charge in [-0.2, -0.15) is 0 Å². The molecular weight excluding hydrogens is 408 g/mol. The molecule has 0 aliphatic heterocycles. The van der Waals surface area contributed by atoms with E-state index in [-0.39, 0.29) is 0 Å². The molecule has 0 saturated heterocycles. The second kappa shape index (κ2) is 15.3. The summed E-state index contributed by atoms with van der Waals surface area (Å²) in [6.07, 6.45) is 5.16. The van der Waals surface area contributed by atoms with Gasteiger partial charge in [0.25, 0.3) is 0 Å². The van der Waals surface area contributed by atoms with E-state index in [4.69, 9.17) is 13.3 Å². The SMILES string of the molecule is CCN(CC)C(CCCCC([Si]c1ccccc1)[Si](OC)(OC)OC)N(CC)CC. The van der Waals surface area contributed by atoms with E-state index in [0.29, 0.717) is 20.8 Å². The third-order valence-electron chi connectivity index (χ3n) is 6.07. The summed E-state index contributed by atoms with van der Waals surface area (Å²) in [7, 11) is 3.15. The van der Waals surface area contributed by atoms with Crippen molar-refractivity contribution in [2.45, 2.75) is 64.7 Å². The molecule has 0 spiro atoms. The normalized spacial score (nSPS) is 13.5. The first-order valence-corrected chi connectivity index (χ1v) is 14.4. The minimum atomic E-state index is -2.69. The molecule has 5 nitrogen and oxygen atoms in total. The van der Waals surface area contributed by atoms with Crippen molar-refractivity contribution < 1.29 is 13.3 Å². The highest BCUT2D eigenvalue weighted by atomic mass is 28.4. The maximum Gasteiger partial charge on any atom is 0.500 e. The molecule has 7 heteroatoms. The van der Waals surface area contributed by atoms with Crippen LogP contribution in [-0.4, -0.2) is 81.8 Å². The van der Waals surface area contributed by atoms with E-state index >= 15 is 0 Å². The summed E-state index contributed by atoms with van der Waals surface area (Å²) >= 11 is 0. The Hall–Kier alpha value is -0.546. The fourth-order valence-electron chi connectivity index (χ4n) is 4.31. The largest absolute Gasteiger partial charge is 0.500 e. The molecule has 2 radical (unpaired) electrons. The highest BCUT2D eigenvalue weighted by Crippen LogP contribution is 2.29. The highest BCUT2D eigenvalue weighted by molar-refractivity contribution is 6.78. The van der Waals surface area contributed by atoms with Crippen molar-refractivity contribution in [3.05, 3.63) is 30.3 Å². The summed E-state index contributed by atoms with van der Waals surface area (Å²) in [6, 6.07) is 10.7. The van der Waals surface area contributed by atoms with Crippen molar-refractivity contribution in [3.63, 3.8) is 0 Å². The third-order valence-corrected chi connectivity index (χ3v) is 11.7. The molecule has 0 aliphatic rings. The van der Waals surface area contributed by atoms with Crippen LogP contribution in [0.1, 0.15) is 53.4 Å². The number of hydrogen-bond donors (Lipinski definition) is 0. The first kappa shape index (κ1) is 27.5. The standard InChI is InChI=1S/C23H44N2O3Si2/c1-8-24(9-2)22(25(10-3)11-4)19-15-16-20-23(30(26-5,27-6)28-7)29-21-17-13-12-14-18-21/h12-14,17-18,22-23H,8-11,15-16,19-20H2,1-7H3. The van der Waals surface area contributed by atoms with Crippen molar-refractivity contribution in [1.82, 2.24) is 9.80 Å². The number of hydrogen-bond acceptors (Lipinski definition) is 5. The van der Waals surface area contributed by atoms with E-state index in [1.54, 1.807) is 21.3 Å². The third kappa shape index (κ3) is 7.86. The molecule has 172 valence electrons. The lowest BCUT2D eigenvalue weighted by molar-refractivity contribution is 0.0481. The number of nitrogens with zero attached hydrogens (tertiary/aromatic N) is 2. The molecule has 1 atom stereocenters. The van der Waals surface area contributed by atoms with E-state index in [0.717, 1.165) is 39.0 Å². The monoisotopic (exact) mass is 452 g/mol. The molecule has 1 unspecified atom stereocenters. The Morgan fingerprint density at radius 3 is 1.67 bits per heavy atom. The van der Waals surface area contributed by atoms with Crippen LogP contribution < -0.4 is 5.19 Å². The van der Waals surface area contributed by atoms with Crippen LogP contribution >= 0.6 is 0 Å². The van der Waals surface area contributed by atoms with Gasteiger partial charge < -0.3 is 13.3 Å². The van der Waals surface area contributed by atoms with Gasteiger partial charge in [0.2, 0.25) is 0 Å². The summed E-state index contributed by atoms with van der Waals surface area (Å²) in [6.45, 7) is 13.5. The summed E-state index contributed by atoms with van der Waals surface area (Å²) in [4.78, 5) is 5.18. The van der Waals surface area contributed by atoms with Crippen LogP contribution in [0.25, 0.3) is 0 Å². The van der Waals surface area contributed by atoms with Crippen LogP contribution in [0.4, 0.5) is 0 Å². The smallest absolute Gasteiger partial charge is 0.377 e. The summed E-state index contributed by atoms with van der Waals surface area (Å²) < 4.78 is 17.6. The molecule has 0 saturated carbocycles. The fourth-order valence-corrected chi connectivity index (χ4v) is 9.63. The molecule has 1 rings (SSSR count). The van der Waals surface area contributed by atoms with Crippen molar-refractivity contribution in [2.75, 3.05) is 47.5 Å². The molecule has 0 aliphatic carbocycles. The average Bonchev–Trinajstić information content (AvgIpc) is 2.79. The van der Waals surface area contributed by atoms with E-state index in [9.17, 15) is 0 Å². The Morgan fingerprint density at radius 1 is 0.767 bits per heavy atom. The Morgan fingerprint density at radius 2 is 1.23 bits per heavy atom. The van der Waals surface area contributed by atoms with Gasteiger partial charge in [0.1, 0.15) is 0 Å². The highest BCUT2D eigenvalue weighted by Gasteiger charge is 2.46. The lowest BCUT2D eigenvalue weighted by atomic mass is 10.1.